The molecule has 0 radical (unpaired) electrons. The summed E-state index contributed by atoms with van der Waals surface area (Å²) in [4.78, 5) is 13.1. The van der Waals surface area contributed by atoms with E-state index in [-0.39, 0.29) is 11.7 Å². The van der Waals surface area contributed by atoms with Gasteiger partial charge in [-0.2, -0.15) is 5.10 Å². The van der Waals surface area contributed by atoms with Crippen molar-refractivity contribution >= 4 is 11.6 Å². The number of aryl methyl sites for hydroxylation is 1. The zero-order chi connectivity index (χ0) is 21.4. The van der Waals surface area contributed by atoms with Crippen molar-refractivity contribution in [2.45, 2.75) is 39.7 Å². The van der Waals surface area contributed by atoms with Gasteiger partial charge in [0.25, 0.3) is 0 Å². The molecule has 0 saturated heterocycles. The second-order valence-corrected chi connectivity index (χ2v) is 7.97. The summed E-state index contributed by atoms with van der Waals surface area (Å²) in [5.41, 5.74) is 8.35. The third-order valence-electron chi connectivity index (χ3n) is 6.03. The van der Waals surface area contributed by atoms with E-state index in [1.54, 1.807) is 4.57 Å². The van der Waals surface area contributed by atoms with Gasteiger partial charge in [0.1, 0.15) is 0 Å². The van der Waals surface area contributed by atoms with E-state index in [9.17, 15) is 4.79 Å². The summed E-state index contributed by atoms with van der Waals surface area (Å²) >= 11 is 0. The van der Waals surface area contributed by atoms with Crippen LogP contribution >= 0.6 is 0 Å². The van der Waals surface area contributed by atoms with Crippen LogP contribution in [0, 0.1) is 6.92 Å². The van der Waals surface area contributed by atoms with Gasteiger partial charge in [-0.25, -0.2) is 4.79 Å². The number of benzene rings is 1. The Labute approximate surface area is 177 Å². The molecule has 0 spiro atoms. The molecule has 1 unspecified atom stereocenters. The van der Waals surface area contributed by atoms with Crippen LogP contribution in [0.5, 0.6) is 0 Å². The average Bonchev–Trinajstić information content (AvgIpc) is 3.23. The minimum atomic E-state index is -0.0300. The van der Waals surface area contributed by atoms with Crippen molar-refractivity contribution in [2.75, 3.05) is 0 Å². The van der Waals surface area contributed by atoms with Crippen molar-refractivity contribution in [3.05, 3.63) is 87.8 Å². The lowest BCUT2D eigenvalue weighted by atomic mass is 10.00. The molecule has 3 aromatic rings. The summed E-state index contributed by atoms with van der Waals surface area (Å²) in [6.07, 6.45) is 9.76. The minimum Gasteiger partial charge on any atom is -0.295 e. The van der Waals surface area contributed by atoms with Gasteiger partial charge in [-0.1, -0.05) is 55.0 Å². The van der Waals surface area contributed by atoms with Crippen LogP contribution in [0.25, 0.3) is 22.9 Å². The van der Waals surface area contributed by atoms with Crippen LogP contribution in [-0.4, -0.2) is 19.3 Å². The Kier molecular flexibility index (Phi) is 5.20. The van der Waals surface area contributed by atoms with Crippen LogP contribution in [0.4, 0.5) is 0 Å². The molecule has 0 saturated carbocycles. The quantitative estimate of drug-likeness (QED) is 0.608. The second-order valence-electron chi connectivity index (χ2n) is 7.97. The van der Waals surface area contributed by atoms with E-state index in [4.69, 9.17) is 0 Å². The molecule has 2 heterocycles. The molecule has 1 atom stereocenters. The van der Waals surface area contributed by atoms with Crippen molar-refractivity contribution in [2.24, 2.45) is 7.05 Å². The van der Waals surface area contributed by atoms with Crippen LogP contribution in [0.1, 0.15) is 48.8 Å². The van der Waals surface area contributed by atoms with Crippen molar-refractivity contribution in [1.82, 2.24) is 19.3 Å². The maximum Gasteiger partial charge on any atom is 0.329 e. The van der Waals surface area contributed by atoms with E-state index in [1.165, 1.54) is 5.56 Å². The minimum absolute atomic E-state index is 0.000832. The van der Waals surface area contributed by atoms with Crippen molar-refractivity contribution in [3.8, 4) is 11.3 Å². The van der Waals surface area contributed by atoms with Crippen LogP contribution in [0.15, 0.2) is 59.6 Å². The van der Waals surface area contributed by atoms with Crippen LogP contribution in [0.2, 0.25) is 0 Å². The van der Waals surface area contributed by atoms with Crippen LogP contribution in [0.3, 0.4) is 0 Å². The molecule has 1 aromatic carbocycles. The SMILES string of the molecule is C=C(CC)C(C)n1c2c(n(C)c1=O)C=C(c1cn[nH]c1-c1cccc(C)c1)C=CC2. The number of fused-ring (bicyclic) bond motifs is 1. The smallest absolute Gasteiger partial charge is 0.295 e. The molecule has 0 aliphatic heterocycles. The van der Waals surface area contributed by atoms with E-state index >= 15 is 0 Å². The van der Waals surface area contributed by atoms with E-state index < -0.39 is 0 Å². The summed E-state index contributed by atoms with van der Waals surface area (Å²) in [5, 5.41) is 7.47. The summed E-state index contributed by atoms with van der Waals surface area (Å²) < 4.78 is 3.63. The Bertz CT molecular complexity index is 1230. The Morgan fingerprint density at radius 3 is 2.90 bits per heavy atom. The summed E-state index contributed by atoms with van der Waals surface area (Å²) in [5.74, 6) is 0. The third-order valence-corrected chi connectivity index (χ3v) is 6.03. The van der Waals surface area contributed by atoms with Gasteiger partial charge in [0, 0.05) is 24.6 Å². The molecule has 0 fully saturated rings. The summed E-state index contributed by atoms with van der Waals surface area (Å²) in [6.45, 7) is 10.4. The van der Waals surface area contributed by atoms with Crippen molar-refractivity contribution < 1.29 is 0 Å². The van der Waals surface area contributed by atoms with Gasteiger partial charge in [0.2, 0.25) is 0 Å². The van der Waals surface area contributed by atoms with Gasteiger partial charge in [0.15, 0.2) is 0 Å². The summed E-state index contributed by atoms with van der Waals surface area (Å²) in [7, 11) is 1.84. The zero-order valence-electron chi connectivity index (χ0n) is 18.1. The highest BCUT2D eigenvalue weighted by Gasteiger charge is 2.23. The lowest BCUT2D eigenvalue weighted by Crippen LogP contribution is -2.27. The molecule has 4 rings (SSSR count). The Hall–Kier alpha value is -3.34. The number of rotatable bonds is 5. The second kappa shape index (κ2) is 7.82. The number of aromatic amines is 1. The molecule has 1 aliphatic rings. The van der Waals surface area contributed by atoms with Gasteiger partial charge < -0.3 is 0 Å². The highest BCUT2D eigenvalue weighted by atomic mass is 16.1. The predicted molar refractivity (Wildman–Crippen MR) is 123 cm³/mol. The van der Waals surface area contributed by atoms with Crippen LogP contribution in [-0.2, 0) is 13.5 Å². The van der Waals surface area contributed by atoms with Gasteiger partial charge >= 0.3 is 5.69 Å². The fraction of sp³-hybridized carbons (Fsp3) is 0.280. The Morgan fingerprint density at radius 2 is 2.17 bits per heavy atom. The highest BCUT2D eigenvalue weighted by Crippen LogP contribution is 2.32. The lowest BCUT2D eigenvalue weighted by Gasteiger charge is -2.17. The first-order valence-corrected chi connectivity index (χ1v) is 10.4. The van der Waals surface area contributed by atoms with Crippen molar-refractivity contribution in [3.63, 3.8) is 0 Å². The van der Waals surface area contributed by atoms with E-state index in [2.05, 4.69) is 80.0 Å². The molecule has 0 bridgehead atoms. The summed E-state index contributed by atoms with van der Waals surface area (Å²) in [6, 6.07) is 8.34. The van der Waals surface area contributed by atoms with Crippen LogP contribution < -0.4 is 5.69 Å². The topological polar surface area (TPSA) is 55.6 Å². The van der Waals surface area contributed by atoms with E-state index in [1.807, 2.05) is 17.8 Å². The number of aromatic nitrogens is 4. The molecule has 1 aliphatic carbocycles. The van der Waals surface area contributed by atoms with Gasteiger partial charge in [-0.3, -0.25) is 14.2 Å². The number of nitrogens with one attached hydrogen (secondary N) is 1. The molecule has 0 amide bonds. The third kappa shape index (κ3) is 3.30. The fourth-order valence-corrected chi connectivity index (χ4v) is 4.14. The molecule has 154 valence electrons. The zero-order valence-corrected chi connectivity index (χ0v) is 18.1. The normalized spacial score (nSPS) is 14.2. The number of H-pyrrole nitrogens is 1. The van der Waals surface area contributed by atoms with Gasteiger partial charge in [0.05, 0.1) is 29.3 Å². The maximum atomic E-state index is 13.1. The monoisotopic (exact) mass is 400 g/mol. The fourth-order valence-electron chi connectivity index (χ4n) is 4.14. The molecule has 5 heteroatoms. The predicted octanol–water partition coefficient (Wildman–Crippen LogP) is 5.07. The molecule has 5 nitrogen and oxygen atoms in total. The molecule has 30 heavy (non-hydrogen) atoms. The Morgan fingerprint density at radius 1 is 1.37 bits per heavy atom. The number of hydrogen-bond acceptors (Lipinski definition) is 2. The van der Waals surface area contributed by atoms with Gasteiger partial charge in [-0.15, -0.1) is 0 Å². The van der Waals surface area contributed by atoms with E-state index in [0.717, 1.165) is 45.8 Å². The van der Waals surface area contributed by atoms with Gasteiger partial charge in [-0.05, 0) is 38.0 Å². The first kappa shape index (κ1) is 20.0. The molecular weight excluding hydrogens is 372 g/mol. The molecule has 1 N–H and O–H groups in total. The number of hydrogen-bond donors (Lipinski definition) is 1. The first-order chi connectivity index (χ1) is 14.4. The van der Waals surface area contributed by atoms with Crippen molar-refractivity contribution in [1.29, 1.82) is 0 Å². The molecule has 2 aromatic heterocycles. The Balaban J connectivity index is 1.85. The number of allylic oxidation sites excluding steroid dienone is 4. The first-order valence-electron chi connectivity index (χ1n) is 10.4. The standard InChI is InChI=1S/C25H28N4O/c1-6-17(3)18(4)29-22-12-8-10-19(14-23(22)28(5)25(29)30)21-15-26-27-24(21)20-11-7-9-16(2)13-20/h7-11,13-15,18H,3,6,12H2,1-2,4-5H3,(H,26,27). The maximum absolute atomic E-state index is 13.1. The number of imidazole rings is 1. The molecular formula is C25H28N4O. The average molecular weight is 401 g/mol. The number of nitrogens with zero attached hydrogens (tertiary/aromatic N) is 3. The van der Waals surface area contributed by atoms with E-state index in [0.29, 0.717) is 6.42 Å². The largest absolute Gasteiger partial charge is 0.329 e. The highest BCUT2D eigenvalue weighted by molar-refractivity contribution is 5.93. The lowest BCUT2D eigenvalue weighted by molar-refractivity contribution is 0.563.